The maximum atomic E-state index is 6.87. The second kappa shape index (κ2) is 12.2. The van der Waals surface area contributed by atoms with Gasteiger partial charge < -0.3 is 27.6 Å². The van der Waals surface area contributed by atoms with Crippen LogP contribution >= 0.6 is 0 Å². The molecule has 0 saturated heterocycles. The summed E-state index contributed by atoms with van der Waals surface area (Å²) in [5.74, 6) is 1.70. The van der Waals surface area contributed by atoms with Crippen molar-refractivity contribution in [2.45, 2.75) is 34.1 Å². The molecule has 43 heavy (non-hydrogen) atoms. The van der Waals surface area contributed by atoms with Crippen LogP contribution in [0.2, 0.25) is 0 Å². The molecule has 0 fully saturated rings. The fraction of sp³-hybridized carbons (Fsp3) is 0.257. The molecule has 8 heteroatoms. The number of nitrogens with zero attached hydrogens (tertiary/aromatic N) is 2. The third-order valence-electron chi connectivity index (χ3n) is 8.83. The summed E-state index contributed by atoms with van der Waals surface area (Å²) in [6.45, 7) is 6.94. The number of hydrogen-bond donors (Lipinski definition) is 0. The first kappa shape index (κ1) is 29.0. The summed E-state index contributed by atoms with van der Waals surface area (Å²) in [4.78, 5) is 0. The Morgan fingerprint density at radius 2 is 0.907 bits per heavy atom. The van der Waals surface area contributed by atoms with E-state index in [0.29, 0.717) is 26.3 Å². The maximum absolute atomic E-state index is 6.87. The molecule has 0 aromatic heterocycles. The molecule has 0 bridgehead atoms. The highest BCUT2D eigenvalue weighted by molar-refractivity contribution is 6.76. The van der Waals surface area contributed by atoms with Crippen LogP contribution in [0.15, 0.2) is 109 Å². The number of rotatable bonds is 10. The molecule has 0 amide bonds. The monoisotopic (exact) mass is 574 g/mol. The van der Waals surface area contributed by atoms with Crippen LogP contribution < -0.4 is 20.2 Å². The molecule has 2 heterocycles. The summed E-state index contributed by atoms with van der Waals surface area (Å²) in [5.41, 5.74) is 6.51. The van der Waals surface area contributed by atoms with Crippen molar-refractivity contribution < 1.29 is 27.6 Å². The highest BCUT2D eigenvalue weighted by Gasteiger charge is 2.52. The summed E-state index contributed by atoms with van der Waals surface area (Å²) in [7, 11) is 0. The van der Waals surface area contributed by atoms with Gasteiger partial charge in [-0.05, 0) is 38.1 Å². The molecule has 0 radical (unpaired) electrons. The fourth-order valence-electron chi connectivity index (χ4n) is 6.89. The number of para-hydroxylation sites is 2. The SMILES string of the molecule is CCO[B@-]1(c2ccccc2)Oc2ccccc2C(C)=[N+]1CCC[N+]1=C(C)c2ccccc2O[B@-]1(OCC)c1ccccc1. The van der Waals surface area contributed by atoms with Crippen molar-refractivity contribution in [1.82, 2.24) is 0 Å². The van der Waals surface area contributed by atoms with Crippen LogP contribution in [-0.4, -0.2) is 60.1 Å². The van der Waals surface area contributed by atoms with Crippen LogP contribution in [0, 0.1) is 0 Å². The minimum atomic E-state index is -1.98. The average molecular weight is 574 g/mol. The summed E-state index contributed by atoms with van der Waals surface area (Å²) in [6, 6.07) is 37.2. The van der Waals surface area contributed by atoms with Gasteiger partial charge in [0.15, 0.2) is 0 Å². The van der Waals surface area contributed by atoms with Gasteiger partial charge in [-0.15, -0.1) is 0 Å². The Morgan fingerprint density at radius 1 is 0.535 bits per heavy atom. The number of benzene rings is 4. The minimum absolute atomic E-state index is 0.523. The first-order chi connectivity index (χ1) is 21.0. The van der Waals surface area contributed by atoms with Crippen molar-refractivity contribution >= 4 is 35.7 Å². The van der Waals surface area contributed by atoms with E-state index >= 15 is 0 Å². The molecule has 2 atom stereocenters. The van der Waals surface area contributed by atoms with Crippen LogP contribution in [0.3, 0.4) is 0 Å². The van der Waals surface area contributed by atoms with Crippen molar-refractivity contribution in [1.29, 1.82) is 0 Å². The smallest absolute Gasteiger partial charge is 0.624 e. The molecule has 2 aliphatic heterocycles. The van der Waals surface area contributed by atoms with Crippen molar-refractivity contribution in [3.8, 4) is 11.5 Å². The molecule has 2 aliphatic rings. The van der Waals surface area contributed by atoms with Gasteiger partial charge in [0.05, 0.1) is 29.0 Å². The Labute approximate surface area is 255 Å². The Bertz CT molecular complexity index is 1540. The quantitative estimate of drug-likeness (QED) is 0.251. The molecule has 0 N–H and O–H groups in total. The van der Waals surface area contributed by atoms with E-state index in [0.717, 1.165) is 51.4 Å². The molecule has 0 saturated carbocycles. The van der Waals surface area contributed by atoms with Gasteiger partial charge in [0, 0.05) is 27.1 Å². The molecular weight excluding hydrogens is 534 g/mol. The molecular formula is C35H40B2N2O4. The molecule has 4 aromatic rings. The lowest BCUT2D eigenvalue weighted by atomic mass is 9.60. The summed E-state index contributed by atoms with van der Waals surface area (Å²) >= 11 is 0. The third-order valence-corrected chi connectivity index (χ3v) is 8.83. The zero-order chi connectivity index (χ0) is 29.9. The van der Waals surface area contributed by atoms with Gasteiger partial charge in [-0.1, -0.05) is 95.9 Å². The lowest BCUT2D eigenvalue weighted by Crippen LogP contribution is -2.69. The van der Waals surface area contributed by atoms with E-state index in [4.69, 9.17) is 18.6 Å². The first-order valence-corrected chi connectivity index (χ1v) is 15.5. The summed E-state index contributed by atoms with van der Waals surface area (Å²) < 4.78 is 31.7. The summed E-state index contributed by atoms with van der Waals surface area (Å²) in [5, 5.41) is 0. The van der Waals surface area contributed by atoms with Crippen molar-refractivity contribution in [3.05, 3.63) is 120 Å². The first-order valence-electron chi connectivity index (χ1n) is 15.5. The number of fused-ring (bicyclic) bond motifs is 2. The normalized spacial score (nSPS) is 21.1. The Kier molecular flexibility index (Phi) is 8.24. The van der Waals surface area contributed by atoms with E-state index < -0.39 is 13.4 Å². The van der Waals surface area contributed by atoms with Gasteiger partial charge in [-0.2, -0.15) is 0 Å². The van der Waals surface area contributed by atoms with Crippen LogP contribution in [0.25, 0.3) is 0 Å². The third kappa shape index (κ3) is 5.09. The minimum Gasteiger partial charge on any atom is -0.630 e. The van der Waals surface area contributed by atoms with Crippen LogP contribution in [0.4, 0.5) is 0 Å². The van der Waals surface area contributed by atoms with Crippen molar-refractivity contribution in [2.24, 2.45) is 0 Å². The Hall–Kier alpha value is -4.13. The van der Waals surface area contributed by atoms with Crippen molar-refractivity contribution in [2.75, 3.05) is 26.3 Å². The van der Waals surface area contributed by atoms with E-state index in [9.17, 15) is 0 Å². The second-order valence-electron chi connectivity index (χ2n) is 11.2. The van der Waals surface area contributed by atoms with E-state index in [1.54, 1.807) is 0 Å². The standard InChI is InChI=1S/C35H40B2N2O4/c1-5-40-36(30-18-9-7-10-19-30)38(28(3)32-22-13-15-24-34(32)42-36)26-17-27-39-29(4)33-23-14-16-25-35(33)43-37(39,41-6-2)31-20-11-8-12-21-31/h7-16,18-25H,5-6,17,26-27H2,1-4H3/t36-,37-/m1/s1. The molecule has 220 valence electrons. The zero-order valence-corrected chi connectivity index (χ0v) is 25.6. The summed E-state index contributed by atoms with van der Waals surface area (Å²) in [6.07, 6.45) is 0.818. The predicted octanol–water partition coefficient (Wildman–Crippen LogP) is 4.97. The average Bonchev–Trinajstić information content (AvgIpc) is 3.05. The van der Waals surface area contributed by atoms with Crippen molar-refractivity contribution in [3.63, 3.8) is 0 Å². The number of hydrogen-bond acceptors (Lipinski definition) is 4. The largest absolute Gasteiger partial charge is 0.630 e. The molecule has 0 unspecified atom stereocenters. The van der Waals surface area contributed by atoms with E-state index in [1.807, 2.05) is 50.2 Å². The zero-order valence-electron chi connectivity index (χ0n) is 25.6. The molecule has 4 aromatic carbocycles. The molecule has 0 spiro atoms. The predicted molar refractivity (Wildman–Crippen MR) is 175 cm³/mol. The lowest BCUT2D eigenvalue weighted by Gasteiger charge is -2.43. The van der Waals surface area contributed by atoms with Gasteiger partial charge in [0.2, 0.25) is 0 Å². The van der Waals surface area contributed by atoms with Gasteiger partial charge in [-0.3, -0.25) is 0 Å². The van der Waals surface area contributed by atoms with Gasteiger partial charge >= 0.3 is 13.4 Å². The van der Waals surface area contributed by atoms with Gasteiger partial charge in [0.1, 0.15) is 24.5 Å². The van der Waals surface area contributed by atoms with E-state index in [1.165, 1.54) is 0 Å². The highest BCUT2D eigenvalue weighted by Crippen LogP contribution is 2.31. The maximum Gasteiger partial charge on any atom is 0.624 e. The molecule has 6 rings (SSSR count). The van der Waals surface area contributed by atoms with E-state index in [2.05, 4.69) is 95.6 Å². The van der Waals surface area contributed by atoms with Crippen LogP contribution in [0.1, 0.15) is 45.2 Å². The van der Waals surface area contributed by atoms with Gasteiger partial charge in [0.25, 0.3) is 0 Å². The topological polar surface area (TPSA) is 42.9 Å². The molecule has 0 aliphatic carbocycles. The van der Waals surface area contributed by atoms with Gasteiger partial charge in [-0.25, -0.2) is 0 Å². The Morgan fingerprint density at radius 3 is 1.30 bits per heavy atom. The lowest BCUT2D eigenvalue weighted by molar-refractivity contribution is -0.463. The van der Waals surface area contributed by atoms with Crippen LogP contribution in [0.5, 0.6) is 11.5 Å². The highest BCUT2D eigenvalue weighted by atomic mass is 16.6. The second-order valence-corrected chi connectivity index (χ2v) is 11.2. The molecule has 6 nitrogen and oxygen atoms in total. The fourth-order valence-corrected chi connectivity index (χ4v) is 6.89. The Balaban J connectivity index is 1.42. The van der Waals surface area contributed by atoms with Crippen LogP contribution in [-0.2, 0) is 9.31 Å². The van der Waals surface area contributed by atoms with E-state index in [-0.39, 0.29) is 0 Å².